The van der Waals surface area contributed by atoms with Crippen molar-refractivity contribution in [3.8, 4) is 0 Å². The third kappa shape index (κ3) is 3.56. The number of hydrogen-bond acceptors (Lipinski definition) is 3. The number of nitrogens with zero attached hydrogens (tertiary/aromatic N) is 2. The van der Waals surface area contributed by atoms with E-state index in [0.717, 1.165) is 4.47 Å². The van der Waals surface area contributed by atoms with E-state index in [4.69, 9.17) is 23.2 Å². The summed E-state index contributed by atoms with van der Waals surface area (Å²) in [5, 5.41) is 11.4. The van der Waals surface area contributed by atoms with E-state index in [1.165, 1.54) is 18.3 Å². The summed E-state index contributed by atoms with van der Waals surface area (Å²) < 4.78 is 0.778. The minimum absolute atomic E-state index is 0.0961. The van der Waals surface area contributed by atoms with E-state index >= 15 is 0 Å². The van der Waals surface area contributed by atoms with Crippen LogP contribution in [0, 0.1) is 10.1 Å². The van der Waals surface area contributed by atoms with Crippen LogP contribution in [0.1, 0.15) is 5.56 Å². The van der Waals surface area contributed by atoms with E-state index in [1.54, 1.807) is 24.3 Å². The first-order valence-electron chi connectivity index (χ1n) is 5.40. The summed E-state index contributed by atoms with van der Waals surface area (Å²) >= 11 is 15.0. The number of rotatable bonds is 3. The van der Waals surface area contributed by atoms with Crippen molar-refractivity contribution in [3.63, 3.8) is 0 Å². The number of hydrogen-bond donors (Lipinski definition) is 0. The molecule has 0 atom stereocenters. The Balaban J connectivity index is 2.29. The summed E-state index contributed by atoms with van der Waals surface area (Å²) in [7, 11) is 0. The van der Waals surface area contributed by atoms with Crippen LogP contribution >= 0.6 is 39.1 Å². The second-order valence-corrected chi connectivity index (χ2v) is 5.49. The molecule has 0 N–H and O–H groups in total. The molecular weight excluding hydrogens is 367 g/mol. The van der Waals surface area contributed by atoms with Crippen LogP contribution < -0.4 is 0 Å². The number of halogens is 3. The van der Waals surface area contributed by atoms with E-state index in [-0.39, 0.29) is 10.7 Å². The zero-order valence-corrected chi connectivity index (χ0v) is 13.0. The van der Waals surface area contributed by atoms with E-state index in [2.05, 4.69) is 20.9 Å². The Morgan fingerprint density at radius 3 is 2.55 bits per heavy atom. The highest BCUT2D eigenvalue weighted by Gasteiger charge is 2.11. The lowest BCUT2D eigenvalue weighted by atomic mass is 10.2. The molecule has 0 aliphatic carbocycles. The molecule has 0 heterocycles. The van der Waals surface area contributed by atoms with Crippen molar-refractivity contribution < 1.29 is 4.92 Å². The van der Waals surface area contributed by atoms with Gasteiger partial charge in [0.05, 0.1) is 15.6 Å². The molecule has 0 amide bonds. The van der Waals surface area contributed by atoms with Gasteiger partial charge in [0.2, 0.25) is 0 Å². The Hall–Kier alpha value is -1.43. The molecule has 0 spiro atoms. The minimum atomic E-state index is -0.532. The first kappa shape index (κ1) is 15.0. The Bertz CT molecular complexity index is 705. The molecule has 0 unspecified atom stereocenters. The van der Waals surface area contributed by atoms with Crippen molar-refractivity contribution in [1.29, 1.82) is 0 Å². The van der Waals surface area contributed by atoms with Crippen LogP contribution in [0.5, 0.6) is 0 Å². The molecule has 0 bridgehead atoms. The standard InChI is InChI=1S/C13H7BrCl2N2O2/c14-10-3-2-9(6-12(10)16)17-7-8-1-4-11(15)13(5-8)18(19)20/h1-7H. The van der Waals surface area contributed by atoms with Gasteiger partial charge in [0.15, 0.2) is 0 Å². The molecule has 2 aromatic carbocycles. The van der Waals surface area contributed by atoms with Gasteiger partial charge in [0, 0.05) is 16.8 Å². The van der Waals surface area contributed by atoms with Gasteiger partial charge >= 0.3 is 0 Å². The first-order chi connectivity index (χ1) is 9.47. The summed E-state index contributed by atoms with van der Waals surface area (Å²) in [5.74, 6) is 0. The quantitative estimate of drug-likeness (QED) is 0.410. The second-order valence-electron chi connectivity index (χ2n) is 3.82. The Labute approximate surface area is 133 Å². The van der Waals surface area contributed by atoms with Gasteiger partial charge in [-0.3, -0.25) is 15.1 Å². The molecule has 20 heavy (non-hydrogen) atoms. The Morgan fingerprint density at radius 1 is 1.15 bits per heavy atom. The Morgan fingerprint density at radius 2 is 1.90 bits per heavy atom. The van der Waals surface area contributed by atoms with Gasteiger partial charge in [0.25, 0.3) is 5.69 Å². The fourth-order valence-electron chi connectivity index (χ4n) is 1.46. The van der Waals surface area contributed by atoms with E-state index in [0.29, 0.717) is 16.3 Å². The van der Waals surface area contributed by atoms with Gasteiger partial charge in [-0.05, 0) is 45.8 Å². The molecule has 0 aliphatic rings. The Kier molecular flexibility index (Phi) is 4.75. The number of nitro benzene ring substituents is 1. The van der Waals surface area contributed by atoms with Crippen LogP contribution in [-0.4, -0.2) is 11.1 Å². The van der Waals surface area contributed by atoms with Gasteiger partial charge in [-0.25, -0.2) is 0 Å². The maximum Gasteiger partial charge on any atom is 0.288 e. The van der Waals surface area contributed by atoms with Crippen LogP contribution in [0.2, 0.25) is 10.0 Å². The molecule has 0 fully saturated rings. The van der Waals surface area contributed by atoms with Crippen LogP contribution in [0.25, 0.3) is 0 Å². The molecule has 0 aromatic heterocycles. The van der Waals surface area contributed by atoms with Crippen molar-refractivity contribution in [2.24, 2.45) is 4.99 Å². The number of aliphatic imine (C=N–C) groups is 1. The van der Waals surface area contributed by atoms with E-state index in [1.807, 2.05) is 0 Å². The fraction of sp³-hybridized carbons (Fsp3) is 0. The molecule has 2 rings (SSSR count). The summed E-state index contributed by atoms with van der Waals surface area (Å²) in [6.07, 6.45) is 1.52. The lowest BCUT2D eigenvalue weighted by Gasteiger charge is -1.99. The zero-order valence-electron chi connectivity index (χ0n) is 9.89. The molecular formula is C13H7BrCl2N2O2. The minimum Gasteiger partial charge on any atom is -0.258 e. The molecule has 2 aromatic rings. The average Bonchev–Trinajstić information content (AvgIpc) is 2.41. The third-order valence-electron chi connectivity index (χ3n) is 2.43. The smallest absolute Gasteiger partial charge is 0.258 e. The first-order valence-corrected chi connectivity index (χ1v) is 6.95. The lowest BCUT2D eigenvalue weighted by molar-refractivity contribution is -0.384. The molecule has 0 saturated carbocycles. The predicted octanol–water partition coefficient (Wildman–Crippen LogP) is 5.41. The predicted molar refractivity (Wildman–Crippen MR) is 84.5 cm³/mol. The number of nitro groups is 1. The van der Waals surface area contributed by atoms with Crippen LogP contribution in [0.3, 0.4) is 0 Å². The summed E-state index contributed by atoms with van der Waals surface area (Å²) in [5.41, 5.74) is 1.08. The molecule has 0 radical (unpaired) electrons. The molecule has 0 aliphatic heterocycles. The average molecular weight is 374 g/mol. The lowest BCUT2D eigenvalue weighted by Crippen LogP contribution is -1.91. The molecule has 4 nitrogen and oxygen atoms in total. The summed E-state index contributed by atoms with van der Waals surface area (Å²) in [4.78, 5) is 14.5. The highest BCUT2D eigenvalue weighted by Crippen LogP contribution is 2.27. The maximum atomic E-state index is 10.8. The van der Waals surface area contributed by atoms with Crippen molar-refractivity contribution >= 4 is 56.7 Å². The van der Waals surface area contributed by atoms with Crippen molar-refractivity contribution in [2.75, 3.05) is 0 Å². The maximum absolute atomic E-state index is 10.8. The van der Waals surface area contributed by atoms with E-state index in [9.17, 15) is 10.1 Å². The van der Waals surface area contributed by atoms with Crippen molar-refractivity contribution in [3.05, 3.63) is 66.6 Å². The highest BCUT2D eigenvalue weighted by atomic mass is 79.9. The second kappa shape index (κ2) is 6.35. The monoisotopic (exact) mass is 372 g/mol. The van der Waals surface area contributed by atoms with Crippen molar-refractivity contribution in [1.82, 2.24) is 0 Å². The van der Waals surface area contributed by atoms with E-state index < -0.39 is 4.92 Å². The summed E-state index contributed by atoms with van der Waals surface area (Å²) in [6.45, 7) is 0. The van der Waals surface area contributed by atoms with Crippen LogP contribution in [-0.2, 0) is 0 Å². The normalized spacial score (nSPS) is 10.9. The van der Waals surface area contributed by atoms with Gasteiger partial charge < -0.3 is 0 Å². The van der Waals surface area contributed by atoms with Crippen LogP contribution in [0.15, 0.2) is 45.9 Å². The molecule has 0 saturated heterocycles. The topological polar surface area (TPSA) is 55.5 Å². The fourth-order valence-corrected chi connectivity index (χ4v) is 2.07. The molecule has 102 valence electrons. The zero-order chi connectivity index (χ0) is 14.7. The largest absolute Gasteiger partial charge is 0.288 e. The number of benzene rings is 2. The van der Waals surface area contributed by atoms with Crippen molar-refractivity contribution in [2.45, 2.75) is 0 Å². The van der Waals surface area contributed by atoms with Gasteiger partial charge in [-0.2, -0.15) is 0 Å². The van der Waals surface area contributed by atoms with Gasteiger partial charge in [-0.1, -0.05) is 29.3 Å². The van der Waals surface area contributed by atoms with Gasteiger partial charge in [0.1, 0.15) is 5.02 Å². The summed E-state index contributed by atoms with van der Waals surface area (Å²) in [6, 6.07) is 9.73. The van der Waals surface area contributed by atoms with Gasteiger partial charge in [-0.15, -0.1) is 0 Å². The molecule has 7 heteroatoms. The highest BCUT2D eigenvalue weighted by molar-refractivity contribution is 9.10. The SMILES string of the molecule is O=[N+]([O-])c1cc(C=Nc2ccc(Br)c(Cl)c2)ccc1Cl. The third-order valence-corrected chi connectivity index (χ3v) is 3.98. The van der Waals surface area contributed by atoms with Crippen LogP contribution in [0.4, 0.5) is 11.4 Å².